The standard InChI is InChI=1S/C10H15N5S/c1-15-5-4-12-10(15)3-2-8(14-11)9-6-16-7-13-9/h4-8,14H,2-3,11H2,1H3. The Kier molecular flexibility index (Phi) is 3.66. The number of thiazole rings is 1. The van der Waals surface area contributed by atoms with Gasteiger partial charge in [0, 0.05) is 31.2 Å². The fourth-order valence-corrected chi connectivity index (χ4v) is 2.23. The molecular weight excluding hydrogens is 222 g/mol. The molecule has 0 aliphatic heterocycles. The van der Waals surface area contributed by atoms with Crippen molar-refractivity contribution < 1.29 is 0 Å². The zero-order valence-corrected chi connectivity index (χ0v) is 9.94. The van der Waals surface area contributed by atoms with Gasteiger partial charge in [-0.1, -0.05) is 0 Å². The summed E-state index contributed by atoms with van der Waals surface area (Å²) in [5.41, 5.74) is 5.61. The van der Waals surface area contributed by atoms with Gasteiger partial charge >= 0.3 is 0 Å². The van der Waals surface area contributed by atoms with Gasteiger partial charge in [-0.15, -0.1) is 11.3 Å². The monoisotopic (exact) mass is 237 g/mol. The third kappa shape index (κ3) is 2.46. The van der Waals surface area contributed by atoms with Crippen LogP contribution >= 0.6 is 11.3 Å². The molecule has 2 rings (SSSR count). The first-order valence-corrected chi connectivity index (χ1v) is 6.06. The van der Waals surface area contributed by atoms with Crippen LogP contribution in [0.25, 0.3) is 0 Å². The molecule has 86 valence electrons. The topological polar surface area (TPSA) is 68.8 Å². The number of aryl methyl sites for hydroxylation is 2. The van der Waals surface area contributed by atoms with Crippen molar-refractivity contribution in [3.8, 4) is 0 Å². The van der Waals surface area contributed by atoms with E-state index in [-0.39, 0.29) is 6.04 Å². The Balaban J connectivity index is 1.96. The second kappa shape index (κ2) is 5.20. The van der Waals surface area contributed by atoms with Gasteiger partial charge in [0.15, 0.2) is 0 Å². The van der Waals surface area contributed by atoms with Gasteiger partial charge in [0.2, 0.25) is 0 Å². The number of nitrogens with one attached hydrogen (secondary N) is 1. The maximum Gasteiger partial charge on any atom is 0.108 e. The molecule has 3 N–H and O–H groups in total. The minimum absolute atomic E-state index is 0.1000. The highest BCUT2D eigenvalue weighted by atomic mass is 32.1. The first kappa shape index (κ1) is 11.3. The van der Waals surface area contributed by atoms with Gasteiger partial charge in [-0.05, 0) is 6.42 Å². The fraction of sp³-hybridized carbons (Fsp3) is 0.400. The summed E-state index contributed by atoms with van der Waals surface area (Å²) in [5, 5.41) is 2.02. The Bertz CT molecular complexity index is 422. The van der Waals surface area contributed by atoms with Gasteiger partial charge in [0.05, 0.1) is 17.2 Å². The number of nitrogens with zero attached hydrogens (tertiary/aromatic N) is 3. The van der Waals surface area contributed by atoms with Gasteiger partial charge in [-0.3, -0.25) is 11.3 Å². The van der Waals surface area contributed by atoms with Crippen molar-refractivity contribution in [1.29, 1.82) is 0 Å². The van der Waals surface area contributed by atoms with Crippen molar-refractivity contribution in [1.82, 2.24) is 20.0 Å². The van der Waals surface area contributed by atoms with Gasteiger partial charge in [-0.25, -0.2) is 9.97 Å². The van der Waals surface area contributed by atoms with E-state index >= 15 is 0 Å². The van der Waals surface area contributed by atoms with E-state index in [1.807, 2.05) is 34.9 Å². The van der Waals surface area contributed by atoms with E-state index < -0.39 is 0 Å². The molecule has 2 heterocycles. The molecule has 2 aromatic rings. The Labute approximate surface area is 98.3 Å². The molecule has 6 heteroatoms. The van der Waals surface area contributed by atoms with Crippen molar-refractivity contribution >= 4 is 11.3 Å². The molecule has 2 aromatic heterocycles. The summed E-state index contributed by atoms with van der Waals surface area (Å²) in [4.78, 5) is 8.54. The van der Waals surface area contributed by atoms with Crippen LogP contribution < -0.4 is 11.3 Å². The average Bonchev–Trinajstić information content (AvgIpc) is 2.92. The summed E-state index contributed by atoms with van der Waals surface area (Å²) in [6.45, 7) is 0. The SMILES string of the molecule is Cn1ccnc1CCC(NN)c1cscn1. The molecule has 0 radical (unpaired) electrons. The lowest BCUT2D eigenvalue weighted by molar-refractivity contribution is 0.497. The van der Waals surface area contributed by atoms with E-state index in [0.29, 0.717) is 0 Å². The zero-order valence-electron chi connectivity index (χ0n) is 9.13. The molecule has 5 nitrogen and oxygen atoms in total. The molecule has 0 aromatic carbocycles. The molecule has 16 heavy (non-hydrogen) atoms. The number of hydrogen-bond acceptors (Lipinski definition) is 5. The van der Waals surface area contributed by atoms with Crippen LogP contribution in [0.2, 0.25) is 0 Å². The highest BCUT2D eigenvalue weighted by Gasteiger charge is 2.12. The average molecular weight is 237 g/mol. The summed E-state index contributed by atoms with van der Waals surface area (Å²) in [6, 6.07) is 0.1000. The molecule has 0 saturated heterocycles. The van der Waals surface area contributed by atoms with E-state index in [1.165, 1.54) is 0 Å². The van der Waals surface area contributed by atoms with Crippen molar-refractivity contribution in [3.05, 3.63) is 34.8 Å². The van der Waals surface area contributed by atoms with Crippen molar-refractivity contribution in [3.63, 3.8) is 0 Å². The minimum Gasteiger partial charge on any atom is -0.338 e. The predicted molar refractivity (Wildman–Crippen MR) is 63.7 cm³/mol. The highest BCUT2D eigenvalue weighted by molar-refractivity contribution is 7.07. The molecule has 0 aliphatic carbocycles. The third-order valence-corrected chi connectivity index (χ3v) is 3.19. The van der Waals surface area contributed by atoms with E-state index in [1.54, 1.807) is 11.3 Å². The van der Waals surface area contributed by atoms with E-state index in [4.69, 9.17) is 5.84 Å². The quantitative estimate of drug-likeness (QED) is 0.601. The smallest absolute Gasteiger partial charge is 0.108 e. The van der Waals surface area contributed by atoms with Crippen LogP contribution in [0.15, 0.2) is 23.3 Å². The van der Waals surface area contributed by atoms with Crippen LogP contribution in [0, 0.1) is 0 Å². The maximum absolute atomic E-state index is 5.53. The maximum atomic E-state index is 5.53. The van der Waals surface area contributed by atoms with Crippen molar-refractivity contribution in [2.45, 2.75) is 18.9 Å². The van der Waals surface area contributed by atoms with Gasteiger partial charge in [0.1, 0.15) is 5.82 Å². The molecule has 0 fully saturated rings. The summed E-state index contributed by atoms with van der Waals surface area (Å²) in [5.74, 6) is 6.59. The Morgan fingerprint density at radius 1 is 1.56 bits per heavy atom. The second-order valence-electron chi connectivity index (χ2n) is 3.63. The summed E-state index contributed by atoms with van der Waals surface area (Å²) < 4.78 is 2.02. The predicted octanol–water partition coefficient (Wildman–Crippen LogP) is 1.01. The lowest BCUT2D eigenvalue weighted by Crippen LogP contribution is -2.28. The first-order chi connectivity index (χ1) is 7.81. The molecule has 1 atom stereocenters. The number of aromatic nitrogens is 3. The van der Waals surface area contributed by atoms with Crippen LogP contribution in [0.3, 0.4) is 0 Å². The molecule has 0 spiro atoms. The Morgan fingerprint density at radius 3 is 3.00 bits per heavy atom. The van der Waals surface area contributed by atoms with E-state index in [0.717, 1.165) is 24.4 Å². The van der Waals surface area contributed by atoms with Crippen molar-refractivity contribution in [2.75, 3.05) is 0 Å². The van der Waals surface area contributed by atoms with E-state index in [2.05, 4.69) is 15.4 Å². The van der Waals surface area contributed by atoms with Crippen LogP contribution in [0.4, 0.5) is 0 Å². The second-order valence-corrected chi connectivity index (χ2v) is 4.34. The molecule has 0 saturated carbocycles. The number of rotatable bonds is 5. The number of nitrogens with two attached hydrogens (primary N) is 1. The number of hydrogen-bond donors (Lipinski definition) is 2. The molecule has 0 amide bonds. The van der Waals surface area contributed by atoms with E-state index in [9.17, 15) is 0 Å². The summed E-state index contributed by atoms with van der Waals surface area (Å²) in [6.07, 6.45) is 5.53. The van der Waals surface area contributed by atoms with Crippen LogP contribution in [-0.2, 0) is 13.5 Å². The number of hydrazine groups is 1. The lowest BCUT2D eigenvalue weighted by Gasteiger charge is -2.12. The largest absolute Gasteiger partial charge is 0.338 e. The van der Waals surface area contributed by atoms with Gasteiger partial charge in [0.25, 0.3) is 0 Å². The summed E-state index contributed by atoms with van der Waals surface area (Å²) >= 11 is 1.58. The fourth-order valence-electron chi connectivity index (χ4n) is 1.62. The Hall–Kier alpha value is -1.24. The van der Waals surface area contributed by atoms with Crippen LogP contribution in [-0.4, -0.2) is 14.5 Å². The minimum atomic E-state index is 0.1000. The zero-order chi connectivity index (χ0) is 11.4. The third-order valence-electron chi connectivity index (χ3n) is 2.59. The molecule has 1 unspecified atom stereocenters. The van der Waals surface area contributed by atoms with Crippen LogP contribution in [0.1, 0.15) is 24.0 Å². The van der Waals surface area contributed by atoms with Gasteiger partial charge in [-0.2, -0.15) is 0 Å². The molecule has 0 bridgehead atoms. The Morgan fingerprint density at radius 2 is 2.44 bits per heavy atom. The molecular formula is C10H15N5S. The molecule has 0 aliphatic rings. The normalized spacial score (nSPS) is 12.9. The number of imidazole rings is 1. The lowest BCUT2D eigenvalue weighted by atomic mass is 10.1. The highest BCUT2D eigenvalue weighted by Crippen LogP contribution is 2.17. The van der Waals surface area contributed by atoms with Gasteiger partial charge < -0.3 is 4.57 Å². The summed E-state index contributed by atoms with van der Waals surface area (Å²) in [7, 11) is 2.00. The first-order valence-electron chi connectivity index (χ1n) is 5.11. The van der Waals surface area contributed by atoms with Crippen molar-refractivity contribution in [2.24, 2.45) is 12.9 Å². The van der Waals surface area contributed by atoms with Crippen LogP contribution in [0.5, 0.6) is 0 Å².